The second-order valence-electron chi connectivity index (χ2n) is 4.34. The molecule has 0 unspecified atom stereocenters. The molecule has 0 aliphatic carbocycles. The SMILES string of the molecule is NC(=O)CCP(=O)(O)O.c1ccc(-c2ccccc2)cc1. The number of hydrogen-bond donors (Lipinski definition) is 3. The molecule has 0 aliphatic rings. The summed E-state index contributed by atoms with van der Waals surface area (Å²) in [6.45, 7) is 0. The molecule has 0 atom stereocenters. The summed E-state index contributed by atoms with van der Waals surface area (Å²) in [5.41, 5.74) is 7.17. The van der Waals surface area contributed by atoms with Gasteiger partial charge in [-0.25, -0.2) is 0 Å². The maximum absolute atomic E-state index is 10.0. The summed E-state index contributed by atoms with van der Waals surface area (Å²) < 4.78 is 10.0. The van der Waals surface area contributed by atoms with E-state index in [-0.39, 0.29) is 6.42 Å². The van der Waals surface area contributed by atoms with Crippen molar-refractivity contribution < 1.29 is 19.1 Å². The Hall–Kier alpha value is -1.94. The highest BCUT2D eigenvalue weighted by Crippen LogP contribution is 2.34. The zero-order chi connectivity index (χ0) is 15.7. The van der Waals surface area contributed by atoms with Gasteiger partial charge in [0, 0.05) is 6.42 Å². The number of amides is 1. The highest BCUT2D eigenvalue weighted by atomic mass is 31.2. The van der Waals surface area contributed by atoms with Gasteiger partial charge in [0.05, 0.1) is 6.16 Å². The zero-order valence-corrected chi connectivity index (χ0v) is 12.3. The van der Waals surface area contributed by atoms with Crippen LogP contribution in [0.15, 0.2) is 60.7 Å². The smallest absolute Gasteiger partial charge is 0.326 e. The highest BCUT2D eigenvalue weighted by Gasteiger charge is 2.13. The van der Waals surface area contributed by atoms with E-state index >= 15 is 0 Å². The van der Waals surface area contributed by atoms with Crippen molar-refractivity contribution in [1.82, 2.24) is 0 Å². The molecular formula is C15H18NO4P. The highest BCUT2D eigenvalue weighted by molar-refractivity contribution is 7.51. The first-order valence-electron chi connectivity index (χ1n) is 6.32. The van der Waals surface area contributed by atoms with E-state index in [9.17, 15) is 9.36 Å². The molecule has 4 N–H and O–H groups in total. The minimum atomic E-state index is -4.02. The number of carbonyl (C=O) groups excluding carboxylic acids is 1. The maximum Gasteiger partial charge on any atom is 0.326 e. The van der Waals surface area contributed by atoms with Crippen molar-refractivity contribution in [3.63, 3.8) is 0 Å². The first kappa shape index (κ1) is 17.1. The van der Waals surface area contributed by atoms with E-state index in [0.717, 1.165) is 0 Å². The Bertz CT molecular complexity index is 558. The molecule has 0 saturated heterocycles. The summed E-state index contributed by atoms with van der Waals surface area (Å²) in [4.78, 5) is 26.3. The molecule has 0 saturated carbocycles. The molecule has 0 aliphatic heterocycles. The van der Waals surface area contributed by atoms with Crippen LogP contribution in [0.3, 0.4) is 0 Å². The lowest BCUT2D eigenvalue weighted by Crippen LogP contribution is -2.11. The van der Waals surface area contributed by atoms with Crippen LogP contribution in [0, 0.1) is 0 Å². The molecule has 1 amide bonds. The van der Waals surface area contributed by atoms with Crippen molar-refractivity contribution in [3.8, 4) is 11.1 Å². The van der Waals surface area contributed by atoms with Crippen LogP contribution in [0.2, 0.25) is 0 Å². The van der Waals surface area contributed by atoms with Gasteiger partial charge in [-0.15, -0.1) is 0 Å². The Balaban J connectivity index is 0.000000222. The Labute approximate surface area is 123 Å². The Morgan fingerprint density at radius 1 is 0.905 bits per heavy atom. The minimum Gasteiger partial charge on any atom is -0.370 e. The normalized spacial score (nSPS) is 10.4. The first-order chi connectivity index (χ1) is 9.88. The van der Waals surface area contributed by atoms with Crippen molar-refractivity contribution >= 4 is 13.5 Å². The molecule has 0 fully saturated rings. The fraction of sp³-hybridized carbons (Fsp3) is 0.133. The maximum atomic E-state index is 10.0. The summed E-state index contributed by atoms with van der Waals surface area (Å²) in [5.74, 6) is -0.696. The van der Waals surface area contributed by atoms with Crippen LogP contribution in [-0.4, -0.2) is 21.9 Å². The molecule has 112 valence electrons. The Morgan fingerprint density at radius 3 is 1.52 bits per heavy atom. The van der Waals surface area contributed by atoms with E-state index in [2.05, 4.69) is 54.3 Å². The van der Waals surface area contributed by atoms with Gasteiger partial charge < -0.3 is 15.5 Å². The van der Waals surface area contributed by atoms with Crippen molar-refractivity contribution in [1.29, 1.82) is 0 Å². The average molecular weight is 307 g/mol. The average Bonchev–Trinajstić information content (AvgIpc) is 2.47. The van der Waals surface area contributed by atoms with E-state index in [0.29, 0.717) is 0 Å². The molecule has 2 rings (SSSR count). The van der Waals surface area contributed by atoms with Crippen molar-refractivity contribution in [2.75, 3.05) is 6.16 Å². The Kier molecular flexibility index (Phi) is 6.82. The summed E-state index contributed by atoms with van der Waals surface area (Å²) in [6, 6.07) is 20.8. The molecule has 2 aromatic carbocycles. The number of hydrogen-bond acceptors (Lipinski definition) is 2. The van der Waals surface area contributed by atoms with Gasteiger partial charge in [0.15, 0.2) is 0 Å². The van der Waals surface area contributed by atoms with Crippen molar-refractivity contribution in [2.45, 2.75) is 6.42 Å². The number of benzene rings is 2. The van der Waals surface area contributed by atoms with Gasteiger partial charge in [0.1, 0.15) is 0 Å². The second kappa shape index (κ2) is 8.37. The van der Waals surface area contributed by atoms with Crippen LogP contribution in [0.4, 0.5) is 0 Å². The molecule has 5 nitrogen and oxygen atoms in total. The predicted octanol–water partition coefficient (Wildman–Crippen LogP) is 2.39. The van der Waals surface area contributed by atoms with E-state index in [1.807, 2.05) is 12.1 Å². The van der Waals surface area contributed by atoms with E-state index in [1.165, 1.54) is 11.1 Å². The molecule has 0 radical (unpaired) electrons. The second-order valence-corrected chi connectivity index (χ2v) is 6.11. The quantitative estimate of drug-likeness (QED) is 0.755. The summed E-state index contributed by atoms with van der Waals surface area (Å²) in [5, 5.41) is 0. The molecule has 0 bridgehead atoms. The van der Waals surface area contributed by atoms with E-state index < -0.39 is 19.7 Å². The predicted molar refractivity (Wildman–Crippen MR) is 82.6 cm³/mol. The Morgan fingerprint density at radius 2 is 1.29 bits per heavy atom. The van der Waals surface area contributed by atoms with Gasteiger partial charge in [-0.3, -0.25) is 9.36 Å². The molecule has 6 heteroatoms. The van der Waals surface area contributed by atoms with Crippen LogP contribution < -0.4 is 5.73 Å². The lowest BCUT2D eigenvalue weighted by molar-refractivity contribution is -0.117. The standard InChI is InChI=1S/C12H10.C3H8NO4P/c1-3-7-11(8-4-1)12-9-5-2-6-10-12;4-3(5)1-2-9(6,7)8/h1-10H;1-2H2,(H2,4,5)(H2,6,7,8). The van der Waals surface area contributed by atoms with Crippen LogP contribution in [0.5, 0.6) is 0 Å². The van der Waals surface area contributed by atoms with E-state index in [1.54, 1.807) is 0 Å². The van der Waals surface area contributed by atoms with Crippen LogP contribution in [0.1, 0.15) is 6.42 Å². The van der Waals surface area contributed by atoms with Gasteiger partial charge in [-0.05, 0) is 11.1 Å². The molecule has 0 heterocycles. The summed E-state index contributed by atoms with van der Waals surface area (Å²) >= 11 is 0. The summed E-state index contributed by atoms with van der Waals surface area (Å²) in [6.07, 6.45) is -0.716. The topological polar surface area (TPSA) is 101 Å². The fourth-order valence-electron chi connectivity index (χ4n) is 1.52. The number of carbonyl (C=O) groups is 1. The lowest BCUT2D eigenvalue weighted by Gasteiger charge is -1.98. The molecular weight excluding hydrogens is 289 g/mol. The molecule has 21 heavy (non-hydrogen) atoms. The van der Waals surface area contributed by atoms with Crippen LogP contribution in [0.25, 0.3) is 11.1 Å². The first-order valence-corrected chi connectivity index (χ1v) is 8.11. The third-order valence-electron chi connectivity index (χ3n) is 2.53. The van der Waals surface area contributed by atoms with Crippen LogP contribution in [-0.2, 0) is 9.36 Å². The fourth-order valence-corrected chi connectivity index (χ4v) is 2.03. The zero-order valence-electron chi connectivity index (χ0n) is 11.4. The third kappa shape index (κ3) is 8.05. The number of primary amides is 1. The van der Waals surface area contributed by atoms with Crippen molar-refractivity contribution in [3.05, 3.63) is 60.7 Å². The molecule has 2 aromatic rings. The van der Waals surface area contributed by atoms with Gasteiger partial charge in [0.2, 0.25) is 5.91 Å². The van der Waals surface area contributed by atoms with Crippen molar-refractivity contribution in [2.24, 2.45) is 5.73 Å². The van der Waals surface area contributed by atoms with Gasteiger partial charge >= 0.3 is 7.60 Å². The van der Waals surface area contributed by atoms with Gasteiger partial charge in [-0.1, -0.05) is 60.7 Å². The summed E-state index contributed by atoms with van der Waals surface area (Å²) in [7, 11) is -4.02. The molecule has 0 spiro atoms. The minimum absolute atomic E-state index is 0.260. The van der Waals surface area contributed by atoms with Crippen LogP contribution >= 0.6 is 7.60 Å². The largest absolute Gasteiger partial charge is 0.370 e. The number of nitrogens with two attached hydrogens (primary N) is 1. The van der Waals surface area contributed by atoms with Gasteiger partial charge in [-0.2, -0.15) is 0 Å². The van der Waals surface area contributed by atoms with E-state index in [4.69, 9.17) is 9.79 Å². The lowest BCUT2D eigenvalue weighted by atomic mass is 10.1. The molecule has 0 aromatic heterocycles. The monoisotopic (exact) mass is 307 g/mol. The third-order valence-corrected chi connectivity index (χ3v) is 3.34. The van der Waals surface area contributed by atoms with Gasteiger partial charge in [0.25, 0.3) is 0 Å². The number of rotatable bonds is 4.